The highest BCUT2D eigenvalue weighted by Crippen LogP contribution is 2.44. The van der Waals surface area contributed by atoms with E-state index in [0.717, 1.165) is 22.3 Å². The molecular weight excluding hydrogens is 436 g/mol. The van der Waals surface area contributed by atoms with Crippen LogP contribution in [0.15, 0.2) is 71.6 Å². The van der Waals surface area contributed by atoms with Crippen molar-refractivity contribution < 1.29 is 17.9 Å². The van der Waals surface area contributed by atoms with E-state index in [1.165, 1.54) is 4.31 Å². The Morgan fingerprint density at radius 2 is 1.42 bits per heavy atom. The number of hydrogen-bond donors (Lipinski definition) is 0. The molecule has 1 amide bonds. The van der Waals surface area contributed by atoms with Gasteiger partial charge in [-0.2, -0.15) is 4.31 Å². The van der Waals surface area contributed by atoms with Crippen molar-refractivity contribution in [3.05, 3.63) is 89.0 Å². The van der Waals surface area contributed by atoms with Crippen molar-refractivity contribution in [1.82, 2.24) is 9.21 Å². The Balaban J connectivity index is 1.38. The van der Waals surface area contributed by atoms with E-state index in [4.69, 9.17) is 4.74 Å². The number of ether oxygens (including phenoxy) is 1. The van der Waals surface area contributed by atoms with Crippen molar-refractivity contribution >= 4 is 15.9 Å². The largest absolute Gasteiger partial charge is 0.457 e. The second kappa shape index (κ2) is 8.32. The lowest BCUT2D eigenvalue weighted by atomic mass is 9.86. The van der Waals surface area contributed by atoms with Gasteiger partial charge in [0, 0.05) is 37.3 Å². The molecule has 0 unspecified atom stereocenters. The van der Waals surface area contributed by atoms with Gasteiger partial charge in [-0.05, 0) is 37.6 Å². The Bertz CT molecular complexity index is 1280. The van der Waals surface area contributed by atoms with Crippen molar-refractivity contribution in [2.75, 3.05) is 26.2 Å². The normalized spacial score (nSPS) is 16.6. The lowest BCUT2D eigenvalue weighted by molar-refractivity contribution is -0.133. The first kappa shape index (κ1) is 21.7. The molecule has 0 aromatic heterocycles. The average Bonchev–Trinajstić information content (AvgIpc) is 2.82. The number of amides is 1. The number of sulfonamides is 1. The van der Waals surface area contributed by atoms with Crippen LogP contribution in [0.1, 0.15) is 28.2 Å². The number of para-hydroxylation sites is 2. The van der Waals surface area contributed by atoms with Gasteiger partial charge in [-0.3, -0.25) is 4.79 Å². The van der Waals surface area contributed by atoms with Crippen molar-refractivity contribution in [2.45, 2.75) is 24.7 Å². The predicted octanol–water partition coefficient (Wildman–Crippen LogP) is 4.07. The SMILES string of the molecule is Cc1ccc(S(=O)(=O)N2CCN(C(=O)C3c4ccccc4Oc4ccccc43)CC2)c(C)c1. The van der Waals surface area contributed by atoms with E-state index >= 15 is 0 Å². The maximum atomic E-state index is 13.7. The van der Waals surface area contributed by atoms with Gasteiger partial charge in [0.25, 0.3) is 0 Å². The molecule has 6 nitrogen and oxygen atoms in total. The maximum absolute atomic E-state index is 13.7. The van der Waals surface area contributed by atoms with Crippen LogP contribution in [0.2, 0.25) is 0 Å². The minimum absolute atomic E-state index is 0.0261. The summed E-state index contributed by atoms with van der Waals surface area (Å²) in [6.07, 6.45) is 0. The summed E-state index contributed by atoms with van der Waals surface area (Å²) in [6.45, 7) is 5.01. The van der Waals surface area contributed by atoms with Crippen LogP contribution in [-0.4, -0.2) is 49.7 Å². The quantitative estimate of drug-likeness (QED) is 0.588. The minimum atomic E-state index is -3.61. The number of fused-ring (bicyclic) bond motifs is 2. The molecule has 0 N–H and O–H groups in total. The maximum Gasteiger partial charge on any atom is 0.243 e. The third-order valence-corrected chi connectivity index (χ3v) is 8.48. The van der Waals surface area contributed by atoms with Gasteiger partial charge in [0.15, 0.2) is 0 Å². The first-order valence-electron chi connectivity index (χ1n) is 11.1. The Hall–Kier alpha value is -3.16. The van der Waals surface area contributed by atoms with Gasteiger partial charge in [-0.1, -0.05) is 54.1 Å². The van der Waals surface area contributed by atoms with Crippen LogP contribution in [-0.2, 0) is 14.8 Å². The number of nitrogens with zero attached hydrogens (tertiary/aromatic N) is 2. The number of carbonyl (C=O) groups excluding carboxylic acids is 1. The fraction of sp³-hybridized carbons (Fsp3) is 0.269. The van der Waals surface area contributed by atoms with Crippen LogP contribution in [0.5, 0.6) is 11.5 Å². The summed E-state index contributed by atoms with van der Waals surface area (Å²) in [6, 6.07) is 20.6. The molecule has 0 atom stereocenters. The molecule has 7 heteroatoms. The molecule has 0 saturated carbocycles. The van der Waals surface area contributed by atoms with Crippen molar-refractivity contribution in [3.63, 3.8) is 0 Å². The van der Waals surface area contributed by atoms with Crippen LogP contribution in [0.4, 0.5) is 0 Å². The highest BCUT2D eigenvalue weighted by atomic mass is 32.2. The molecule has 0 spiro atoms. The standard InChI is InChI=1S/C26H26N2O4S/c1-18-11-12-24(19(2)17-18)33(30,31)28-15-13-27(14-16-28)26(29)25-20-7-3-5-9-22(20)32-23-10-6-4-8-21(23)25/h3-12,17,25H,13-16H2,1-2H3. The van der Waals surface area contributed by atoms with E-state index in [1.807, 2.05) is 74.5 Å². The molecular formula is C26H26N2O4S. The second-order valence-corrected chi connectivity index (χ2v) is 10.5. The van der Waals surface area contributed by atoms with Gasteiger partial charge in [0.05, 0.1) is 10.8 Å². The van der Waals surface area contributed by atoms with Crippen LogP contribution in [0.25, 0.3) is 0 Å². The summed E-state index contributed by atoms with van der Waals surface area (Å²) >= 11 is 0. The Labute approximate surface area is 194 Å². The summed E-state index contributed by atoms with van der Waals surface area (Å²) in [5.74, 6) is 0.881. The van der Waals surface area contributed by atoms with Gasteiger partial charge in [0.1, 0.15) is 11.5 Å². The molecule has 2 heterocycles. The molecule has 0 bridgehead atoms. The van der Waals surface area contributed by atoms with E-state index in [9.17, 15) is 13.2 Å². The number of aryl methyl sites for hydroxylation is 2. The third-order valence-electron chi connectivity index (χ3n) is 6.43. The van der Waals surface area contributed by atoms with Gasteiger partial charge in [-0.25, -0.2) is 8.42 Å². The number of rotatable bonds is 3. The zero-order chi connectivity index (χ0) is 23.2. The molecule has 3 aromatic rings. The summed E-state index contributed by atoms with van der Waals surface area (Å²) in [5, 5.41) is 0. The molecule has 2 aliphatic heterocycles. The van der Waals surface area contributed by atoms with E-state index in [2.05, 4.69) is 0 Å². The lowest BCUT2D eigenvalue weighted by Crippen LogP contribution is -2.51. The van der Waals surface area contributed by atoms with E-state index in [1.54, 1.807) is 11.0 Å². The topological polar surface area (TPSA) is 66.9 Å². The molecule has 0 radical (unpaired) electrons. The summed E-state index contributed by atoms with van der Waals surface area (Å²) in [4.78, 5) is 15.8. The highest BCUT2D eigenvalue weighted by molar-refractivity contribution is 7.89. The molecule has 1 fully saturated rings. The van der Waals surface area contributed by atoms with Crippen molar-refractivity contribution in [1.29, 1.82) is 0 Å². The second-order valence-electron chi connectivity index (χ2n) is 8.61. The number of hydrogen-bond acceptors (Lipinski definition) is 4. The minimum Gasteiger partial charge on any atom is -0.457 e. The molecule has 5 rings (SSSR count). The molecule has 33 heavy (non-hydrogen) atoms. The Kier molecular flexibility index (Phi) is 5.46. The molecule has 3 aromatic carbocycles. The van der Waals surface area contributed by atoms with Crippen LogP contribution >= 0.6 is 0 Å². The molecule has 0 aliphatic carbocycles. The van der Waals surface area contributed by atoms with Crippen molar-refractivity contribution in [2.24, 2.45) is 0 Å². The number of carbonyl (C=O) groups is 1. The van der Waals surface area contributed by atoms with Crippen LogP contribution < -0.4 is 4.74 Å². The van der Waals surface area contributed by atoms with Crippen molar-refractivity contribution in [3.8, 4) is 11.5 Å². The van der Waals surface area contributed by atoms with Gasteiger partial charge in [0.2, 0.25) is 15.9 Å². The molecule has 1 saturated heterocycles. The fourth-order valence-electron chi connectivity index (χ4n) is 4.74. The summed E-state index contributed by atoms with van der Waals surface area (Å²) < 4.78 is 34.0. The van der Waals surface area contributed by atoms with E-state index in [0.29, 0.717) is 29.5 Å². The Morgan fingerprint density at radius 3 is 2.00 bits per heavy atom. The first-order chi connectivity index (χ1) is 15.9. The monoisotopic (exact) mass is 462 g/mol. The fourth-order valence-corrected chi connectivity index (χ4v) is 6.36. The molecule has 170 valence electrons. The number of benzene rings is 3. The predicted molar refractivity (Wildman–Crippen MR) is 126 cm³/mol. The van der Waals surface area contributed by atoms with Crippen LogP contribution in [0, 0.1) is 13.8 Å². The van der Waals surface area contributed by atoms with Gasteiger partial charge >= 0.3 is 0 Å². The van der Waals surface area contributed by atoms with E-state index in [-0.39, 0.29) is 19.0 Å². The summed E-state index contributed by atoms with van der Waals surface area (Å²) in [7, 11) is -3.61. The molecule has 2 aliphatic rings. The first-order valence-corrected chi connectivity index (χ1v) is 12.5. The zero-order valence-corrected chi connectivity index (χ0v) is 19.5. The third kappa shape index (κ3) is 3.81. The van der Waals surface area contributed by atoms with E-state index < -0.39 is 15.9 Å². The highest BCUT2D eigenvalue weighted by Gasteiger charge is 2.37. The zero-order valence-electron chi connectivity index (χ0n) is 18.7. The number of piperazine rings is 1. The average molecular weight is 463 g/mol. The van der Waals surface area contributed by atoms with Gasteiger partial charge < -0.3 is 9.64 Å². The van der Waals surface area contributed by atoms with Gasteiger partial charge in [-0.15, -0.1) is 0 Å². The summed E-state index contributed by atoms with van der Waals surface area (Å²) in [5.41, 5.74) is 3.45. The Morgan fingerprint density at radius 1 is 0.848 bits per heavy atom. The van der Waals surface area contributed by atoms with Crippen LogP contribution in [0.3, 0.4) is 0 Å². The smallest absolute Gasteiger partial charge is 0.243 e. The lowest BCUT2D eigenvalue weighted by Gasteiger charge is -2.37.